The molecule has 0 aromatic carbocycles. The first-order chi connectivity index (χ1) is 4.74. The van der Waals surface area contributed by atoms with Gasteiger partial charge in [-0.15, -0.1) is 17.9 Å². The quantitative estimate of drug-likeness (QED) is 0.664. The van der Waals surface area contributed by atoms with Crippen LogP contribution in [0.15, 0.2) is 22.5 Å². The van der Waals surface area contributed by atoms with E-state index in [1.165, 1.54) is 14.2 Å². The fourth-order valence-corrected chi connectivity index (χ4v) is 2.63. The van der Waals surface area contributed by atoms with Gasteiger partial charge in [0.2, 0.25) is 0 Å². The van der Waals surface area contributed by atoms with Gasteiger partial charge in [-0.25, -0.2) is 0 Å². The molecule has 1 aromatic rings. The van der Waals surface area contributed by atoms with E-state index in [0.29, 0.717) is 0 Å². The van der Waals surface area contributed by atoms with Crippen molar-refractivity contribution in [3.8, 4) is 0 Å². The van der Waals surface area contributed by atoms with Crippen molar-refractivity contribution in [3.63, 3.8) is 0 Å². The Morgan fingerprint density at radius 1 is 1.80 bits per heavy atom. The predicted molar refractivity (Wildman–Crippen MR) is 50.7 cm³/mol. The van der Waals surface area contributed by atoms with Crippen molar-refractivity contribution in [1.82, 2.24) is 0 Å². The number of halogens is 1. The molecule has 0 aliphatic heterocycles. The second-order valence-electron chi connectivity index (χ2n) is 2.15. The number of hydrogen-bond acceptors (Lipinski definition) is 1. The Morgan fingerprint density at radius 2 is 2.50 bits per heavy atom. The monoisotopic (exact) mass is 216 g/mol. The molecule has 0 fully saturated rings. The molecule has 0 aliphatic carbocycles. The van der Waals surface area contributed by atoms with E-state index >= 15 is 0 Å². The highest BCUT2D eigenvalue weighted by Gasteiger charge is 1.99. The van der Waals surface area contributed by atoms with Crippen molar-refractivity contribution in [1.29, 1.82) is 0 Å². The van der Waals surface area contributed by atoms with E-state index in [9.17, 15) is 0 Å². The van der Waals surface area contributed by atoms with Gasteiger partial charge in [0.1, 0.15) is 0 Å². The molecule has 1 heterocycles. The molecular weight excluding hydrogens is 208 g/mol. The fraction of sp³-hybridized carbons (Fsp3) is 0.250. The molecule has 1 rings (SSSR count). The lowest BCUT2D eigenvalue weighted by molar-refractivity contribution is 1.29. The van der Waals surface area contributed by atoms with E-state index in [2.05, 4.69) is 35.5 Å². The number of thiophene rings is 1. The average molecular weight is 217 g/mol. The van der Waals surface area contributed by atoms with Gasteiger partial charge in [0.25, 0.3) is 0 Å². The Labute approximate surface area is 73.7 Å². The molecule has 0 radical (unpaired) electrons. The van der Waals surface area contributed by atoms with Crippen LogP contribution in [0.2, 0.25) is 0 Å². The second-order valence-corrected chi connectivity index (χ2v) is 4.67. The normalized spacial score (nSPS) is 9.80. The Bertz CT molecular complexity index is 237. The number of hydrogen-bond donors (Lipinski definition) is 0. The van der Waals surface area contributed by atoms with E-state index < -0.39 is 0 Å². The predicted octanol–water partition coefficient (Wildman–Crippen LogP) is 3.55. The zero-order valence-electron chi connectivity index (χ0n) is 5.86. The molecule has 0 bridgehead atoms. The van der Waals surface area contributed by atoms with Crippen LogP contribution < -0.4 is 0 Å². The van der Waals surface area contributed by atoms with Crippen molar-refractivity contribution in [2.45, 2.75) is 13.3 Å². The van der Waals surface area contributed by atoms with E-state index in [0.717, 1.165) is 6.42 Å². The summed E-state index contributed by atoms with van der Waals surface area (Å²) < 4.78 is 1.21. The van der Waals surface area contributed by atoms with Gasteiger partial charge >= 0.3 is 0 Å². The Hall–Kier alpha value is -0.0800. The number of aryl methyl sites for hydroxylation is 1. The fourth-order valence-electron chi connectivity index (χ4n) is 0.812. The molecular formula is C8H9BrS. The van der Waals surface area contributed by atoms with E-state index in [4.69, 9.17) is 0 Å². The molecule has 0 atom stereocenters. The summed E-state index contributed by atoms with van der Waals surface area (Å²) in [6.07, 6.45) is 2.92. The standard InChI is InChI=1S/C8H9BrS/c1-3-4-7-6(2)5-8(9)10-7/h3,5H,1,4H2,2H3. The molecule has 0 aliphatic rings. The highest BCUT2D eigenvalue weighted by Crippen LogP contribution is 2.26. The second kappa shape index (κ2) is 3.35. The largest absolute Gasteiger partial charge is 0.133 e. The van der Waals surface area contributed by atoms with Gasteiger partial charge in [0, 0.05) is 4.88 Å². The molecule has 0 nitrogen and oxygen atoms in total. The maximum Gasteiger partial charge on any atom is 0.0704 e. The van der Waals surface area contributed by atoms with Gasteiger partial charge < -0.3 is 0 Å². The molecule has 0 saturated heterocycles. The summed E-state index contributed by atoms with van der Waals surface area (Å²) in [7, 11) is 0. The van der Waals surface area contributed by atoms with Crippen molar-refractivity contribution in [2.24, 2.45) is 0 Å². The van der Waals surface area contributed by atoms with Crippen LogP contribution in [-0.4, -0.2) is 0 Å². The van der Waals surface area contributed by atoms with Crippen molar-refractivity contribution in [3.05, 3.63) is 32.9 Å². The first-order valence-corrected chi connectivity index (χ1v) is 4.70. The van der Waals surface area contributed by atoms with Crippen LogP contribution in [-0.2, 0) is 6.42 Å². The minimum absolute atomic E-state index is 0.988. The highest BCUT2D eigenvalue weighted by atomic mass is 79.9. The Balaban J connectivity index is 2.91. The van der Waals surface area contributed by atoms with Gasteiger partial charge in [-0.05, 0) is 40.9 Å². The minimum Gasteiger partial charge on any atom is -0.133 e. The Morgan fingerprint density at radius 3 is 2.90 bits per heavy atom. The first-order valence-electron chi connectivity index (χ1n) is 3.09. The number of rotatable bonds is 2. The van der Waals surface area contributed by atoms with Gasteiger partial charge in [0.15, 0.2) is 0 Å². The van der Waals surface area contributed by atoms with Crippen molar-refractivity contribution < 1.29 is 0 Å². The zero-order chi connectivity index (χ0) is 7.56. The third-order valence-electron chi connectivity index (χ3n) is 1.32. The van der Waals surface area contributed by atoms with Gasteiger partial charge in [-0.1, -0.05) is 6.08 Å². The molecule has 1 aromatic heterocycles. The van der Waals surface area contributed by atoms with E-state index in [1.807, 2.05) is 6.08 Å². The van der Waals surface area contributed by atoms with Crippen LogP contribution >= 0.6 is 27.3 Å². The molecule has 0 amide bonds. The minimum atomic E-state index is 0.988. The van der Waals surface area contributed by atoms with Crippen LogP contribution in [0.4, 0.5) is 0 Å². The smallest absolute Gasteiger partial charge is 0.0704 e. The summed E-state index contributed by atoms with van der Waals surface area (Å²) in [5, 5.41) is 0. The van der Waals surface area contributed by atoms with Gasteiger partial charge in [-0.3, -0.25) is 0 Å². The molecule has 0 unspecified atom stereocenters. The molecule has 0 N–H and O–H groups in total. The topological polar surface area (TPSA) is 0 Å². The van der Waals surface area contributed by atoms with Gasteiger partial charge in [0.05, 0.1) is 3.79 Å². The first kappa shape index (κ1) is 8.02. The van der Waals surface area contributed by atoms with Crippen molar-refractivity contribution in [2.75, 3.05) is 0 Å². The van der Waals surface area contributed by atoms with Crippen LogP contribution in [0.25, 0.3) is 0 Å². The van der Waals surface area contributed by atoms with Crippen LogP contribution in [0.1, 0.15) is 10.4 Å². The van der Waals surface area contributed by atoms with Crippen LogP contribution in [0.3, 0.4) is 0 Å². The SMILES string of the molecule is C=CCc1sc(Br)cc1C. The zero-order valence-corrected chi connectivity index (χ0v) is 8.26. The lowest BCUT2D eigenvalue weighted by atomic mass is 10.2. The van der Waals surface area contributed by atoms with Gasteiger partial charge in [-0.2, -0.15) is 0 Å². The highest BCUT2D eigenvalue weighted by molar-refractivity contribution is 9.11. The summed E-state index contributed by atoms with van der Waals surface area (Å²) in [6, 6.07) is 2.14. The summed E-state index contributed by atoms with van der Waals surface area (Å²) in [5.74, 6) is 0. The maximum atomic E-state index is 3.70. The molecule has 10 heavy (non-hydrogen) atoms. The Kier molecular flexibility index (Phi) is 2.69. The van der Waals surface area contributed by atoms with Crippen LogP contribution in [0.5, 0.6) is 0 Å². The summed E-state index contributed by atoms with van der Waals surface area (Å²) >= 11 is 5.22. The van der Waals surface area contributed by atoms with E-state index in [-0.39, 0.29) is 0 Å². The maximum absolute atomic E-state index is 3.70. The molecule has 0 saturated carbocycles. The van der Waals surface area contributed by atoms with E-state index in [1.54, 1.807) is 11.3 Å². The summed E-state index contributed by atoms with van der Waals surface area (Å²) in [6.45, 7) is 5.82. The van der Waals surface area contributed by atoms with Crippen molar-refractivity contribution >= 4 is 27.3 Å². The summed E-state index contributed by atoms with van der Waals surface area (Å²) in [4.78, 5) is 1.40. The lowest BCUT2D eigenvalue weighted by Crippen LogP contribution is -1.74. The third kappa shape index (κ3) is 1.70. The molecule has 54 valence electrons. The summed E-state index contributed by atoms with van der Waals surface area (Å²) in [5.41, 5.74) is 1.36. The van der Waals surface area contributed by atoms with Crippen LogP contribution in [0, 0.1) is 6.92 Å². The molecule has 2 heteroatoms. The average Bonchev–Trinajstić information content (AvgIpc) is 2.13. The number of allylic oxidation sites excluding steroid dienone is 1. The lowest BCUT2D eigenvalue weighted by Gasteiger charge is -1.89. The third-order valence-corrected chi connectivity index (χ3v) is 3.08. The molecule has 0 spiro atoms.